The molecule has 0 aromatic heterocycles. The van der Waals surface area contributed by atoms with Crippen LogP contribution in [0, 0.1) is 0 Å². The van der Waals surface area contributed by atoms with Crippen molar-refractivity contribution < 1.29 is 24.2 Å². The highest BCUT2D eigenvalue weighted by Gasteiger charge is 2.11. The van der Waals surface area contributed by atoms with E-state index in [1.165, 1.54) is 0 Å². The molecule has 0 atom stereocenters. The first-order chi connectivity index (χ1) is 10.4. The maximum absolute atomic E-state index is 12.0. The molecule has 1 aromatic rings. The molecule has 0 radical (unpaired) electrons. The Morgan fingerprint density at radius 2 is 1.86 bits per heavy atom. The van der Waals surface area contributed by atoms with Crippen LogP contribution in [0.2, 0.25) is 0 Å². The number of carboxylic acids is 1. The summed E-state index contributed by atoms with van der Waals surface area (Å²) in [5.41, 5.74) is 0.734. The average Bonchev–Trinajstić information content (AvgIpc) is 2.49. The van der Waals surface area contributed by atoms with Gasteiger partial charge in [0.2, 0.25) is 5.91 Å². The van der Waals surface area contributed by atoms with Gasteiger partial charge in [-0.2, -0.15) is 0 Å². The Labute approximate surface area is 130 Å². The molecule has 122 valence electrons. The molecular weight excluding hydrogens is 286 g/mol. The molecule has 22 heavy (non-hydrogen) atoms. The second-order valence-corrected chi connectivity index (χ2v) is 5.15. The van der Waals surface area contributed by atoms with E-state index in [0.717, 1.165) is 5.69 Å². The number of benzene rings is 1. The number of ether oxygens (including phenoxy) is 2. The Morgan fingerprint density at radius 3 is 2.41 bits per heavy atom. The lowest BCUT2D eigenvalue weighted by Crippen LogP contribution is -2.26. The smallest absolute Gasteiger partial charge is 0.341 e. The quantitative estimate of drug-likeness (QED) is 0.708. The summed E-state index contributed by atoms with van der Waals surface area (Å²) >= 11 is 0. The number of hydrogen-bond donors (Lipinski definition) is 1. The van der Waals surface area contributed by atoms with Gasteiger partial charge in [0.25, 0.3) is 0 Å². The van der Waals surface area contributed by atoms with Crippen molar-refractivity contribution in [2.75, 3.05) is 25.2 Å². The molecule has 1 amide bonds. The summed E-state index contributed by atoms with van der Waals surface area (Å²) in [7, 11) is 1.71. The van der Waals surface area contributed by atoms with Gasteiger partial charge in [0.05, 0.1) is 6.10 Å². The molecule has 0 aliphatic heterocycles. The van der Waals surface area contributed by atoms with E-state index in [2.05, 4.69) is 0 Å². The van der Waals surface area contributed by atoms with Crippen LogP contribution in [-0.2, 0) is 14.3 Å². The van der Waals surface area contributed by atoms with Gasteiger partial charge in [0.15, 0.2) is 6.61 Å². The van der Waals surface area contributed by atoms with E-state index in [-0.39, 0.29) is 18.6 Å². The monoisotopic (exact) mass is 309 g/mol. The highest BCUT2D eigenvalue weighted by atomic mass is 16.5. The molecule has 0 unspecified atom stereocenters. The van der Waals surface area contributed by atoms with Crippen LogP contribution in [0.15, 0.2) is 24.3 Å². The van der Waals surface area contributed by atoms with Crippen molar-refractivity contribution >= 4 is 17.6 Å². The van der Waals surface area contributed by atoms with E-state index in [9.17, 15) is 9.59 Å². The fourth-order valence-electron chi connectivity index (χ4n) is 1.77. The van der Waals surface area contributed by atoms with Crippen molar-refractivity contribution in [3.05, 3.63) is 24.3 Å². The third-order valence-corrected chi connectivity index (χ3v) is 2.95. The zero-order valence-corrected chi connectivity index (χ0v) is 13.2. The molecule has 6 heteroatoms. The summed E-state index contributed by atoms with van der Waals surface area (Å²) in [5, 5.41) is 8.54. The second kappa shape index (κ2) is 9.04. The van der Waals surface area contributed by atoms with Crippen LogP contribution in [0.1, 0.15) is 26.7 Å². The Bertz CT molecular complexity index is 484. The minimum absolute atomic E-state index is 0.00607. The average molecular weight is 309 g/mol. The number of rotatable bonds is 9. The van der Waals surface area contributed by atoms with Gasteiger partial charge in [-0.3, -0.25) is 4.79 Å². The normalized spacial score (nSPS) is 10.5. The summed E-state index contributed by atoms with van der Waals surface area (Å²) in [4.78, 5) is 24.0. The highest BCUT2D eigenvalue weighted by molar-refractivity contribution is 5.92. The van der Waals surface area contributed by atoms with Gasteiger partial charge < -0.3 is 19.5 Å². The standard InChI is InChI=1S/C16H23NO5/c1-12(2)21-10-4-5-15(18)17(3)13-6-8-14(9-7-13)22-11-16(19)20/h6-9,12H,4-5,10-11H2,1-3H3,(H,19,20). The van der Waals surface area contributed by atoms with Crippen LogP contribution in [0.25, 0.3) is 0 Å². The lowest BCUT2D eigenvalue weighted by molar-refractivity contribution is -0.139. The van der Waals surface area contributed by atoms with Crippen LogP contribution in [0.4, 0.5) is 5.69 Å². The molecule has 0 saturated carbocycles. The van der Waals surface area contributed by atoms with Crippen molar-refractivity contribution in [3.63, 3.8) is 0 Å². The predicted octanol–water partition coefficient (Wildman–Crippen LogP) is 2.32. The summed E-state index contributed by atoms with van der Waals surface area (Å²) in [6.45, 7) is 4.10. The first-order valence-corrected chi connectivity index (χ1v) is 7.23. The largest absolute Gasteiger partial charge is 0.482 e. The van der Waals surface area contributed by atoms with Crippen LogP contribution in [-0.4, -0.2) is 43.3 Å². The molecule has 0 heterocycles. The molecule has 0 spiro atoms. The maximum Gasteiger partial charge on any atom is 0.341 e. The molecular formula is C16H23NO5. The highest BCUT2D eigenvalue weighted by Crippen LogP contribution is 2.19. The van der Waals surface area contributed by atoms with Crippen molar-refractivity contribution in [2.45, 2.75) is 32.8 Å². The van der Waals surface area contributed by atoms with E-state index in [0.29, 0.717) is 25.2 Å². The first kappa shape index (κ1) is 18.0. The summed E-state index contributed by atoms with van der Waals surface area (Å²) in [5.74, 6) is -0.566. The summed E-state index contributed by atoms with van der Waals surface area (Å²) in [6.07, 6.45) is 1.27. The van der Waals surface area contributed by atoms with Gasteiger partial charge in [-0.1, -0.05) is 0 Å². The van der Waals surface area contributed by atoms with E-state index < -0.39 is 5.97 Å². The number of aliphatic carboxylic acids is 1. The number of carbonyl (C=O) groups excluding carboxylic acids is 1. The second-order valence-electron chi connectivity index (χ2n) is 5.15. The number of nitrogens with zero attached hydrogens (tertiary/aromatic N) is 1. The van der Waals surface area contributed by atoms with Crippen LogP contribution in [0.5, 0.6) is 5.75 Å². The minimum Gasteiger partial charge on any atom is -0.482 e. The Balaban J connectivity index is 2.45. The van der Waals surface area contributed by atoms with Crippen LogP contribution < -0.4 is 9.64 Å². The molecule has 0 saturated heterocycles. The molecule has 1 N–H and O–H groups in total. The van der Waals surface area contributed by atoms with Crippen LogP contribution in [0.3, 0.4) is 0 Å². The van der Waals surface area contributed by atoms with E-state index in [1.54, 1.807) is 36.2 Å². The molecule has 0 aliphatic carbocycles. The van der Waals surface area contributed by atoms with Gasteiger partial charge in [-0.05, 0) is 44.5 Å². The SMILES string of the molecule is CC(C)OCCCC(=O)N(C)c1ccc(OCC(=O)O)cc1. The summed E-state index contributed by atoms with van der Waals surface area (Å²) in [6, 6.07) is 6.73. The fourth-order valence-corrected chi connectivity index (χ4v) is 1.77. The van der Waals surface area contributed by atoms with Gasteiger partial charge in [0.1, 0.15) is 5.75 Å². The lowest BCUT2D eigenvalue weighted by atomic mass is 10.2. The zero-order chi connectivity index (χ0) is 16.5. The number of hydrogen-bond acceptors (Lipinski definition) is 4. The molecule has 0 aliphatic rings. The van der Waals surface area contributed by atoms with Crippen molar-refractivity contribution in [2.24, 2.45) is 0 Å². The van der Waals surface area contributed by atoms with Gasteiger partial charge >= 0.3 is 5.97 Å². The summed E-state index contributed by atoms with van der Waals surface area (Å²) < 4.78 is 10.4. The predicted molar refractivity (Wildman–Crippen MR) is 83.3 cm³/mol. The Kier molecular flexibility index (Phi) is 7.39. The van der Waals surface area contributed by atoms with E-state index in [4.69, 9.17) is 14.6 Å². The molecule has 0 fully saturated rings. The minimum atomic E-state index is -1.03. The zero-order valence-electron chi connectivity index (χ0n) is 13.2. The third kappa shape index (κ3) is 6.58. The van der Waals surface area contributed by atoms with Crippen molar-refractivity contribution in [1.82, 2.24) is 0 Å². The van der Waals surface area contributed by atoms with Crippen LogP contribution >= 0.6 is 0 Å². The lowest BCUT2D eigenvalue weighted by Gasteiger charge is -2.18. The van der Waals surface area contributed by atoms with E-state index in [1.807, 2.05) is 13.8 Å². The van der Waals surface area contributed by atoms with Gasteiger partial charge in [0, 0.05) is 25.8 Å². The molecule has 6 nitrogen and oxygen atoms in total. The number of carbonyl (C=O) groups is 2. The van der Waals surface area contributed by atoms with Crippen molar-refractivity contribution in [1.29, 1.82) is 0 Å². The topological polar surface area (TPSA) is 76.1 Å². The fraction of sp³-hybridized carbons (Fsp3) is 0.500. The first-order valence-electron chi connectivity index (χ1n) is 7.23. The van der Waals surface area contributed by atoms with Crippen molar-refractivity contribution in [3.8, 4) is 5.75 Å². The maximum atomic E-state index is 12.0. The Hall–Kier alpha value is -2.08. The number of carboxylic acid groups (broad SMARTS) is 1. The Morgan fingerprint density at radius 1 is 1.23 bits per heavy atom. The van der Waals surface area contributed by atoms with E-state index >= 15 is 0 Å². The number of anilines is 1. The molecule has 1 rings (SSSR count). The van der Waals surface area contributed by atoms with Gasteiger partial charge in [-0.25, -0.2) is 4.79 Å². The molecule has 0 bridgehead atoms. The van der Waals surface area contributed by atoms with Gasteiger partial charge in [-0.15, -0.1) is 0 Å². The molecule has 1 aromatic carbocycles. The third-order valence-electron chi connectivity index (χ3n) is 2.95. The number of amides is 1.